The maximum atomic E-state index is 12.4. The normalized spacial score (nSPS) is 17.5. The van der Waals surface area contributed by atoms with Crippen LogP contribution in [-0.2, 0) is 37.3 Å². The molecule has 0 radical (unpaired) electrons. The van der Waals surface area contributed by atoms with E-state index in [1.807, 2.05) is 24.3 Å². The van der Waals surface area contributed by atoms with Gasteiger partial charge < -0.3 is 9.64 Å². The van der Waals surface area contributed by atoms with Crippen molar-refractivity contribution in [2.75, 3.05) is 26.0 Å². The number of likely N-dealkylation sites (N-methyl/N-ethyl adjacent to an activating group) is 1. The van der Waals surface area contributed by atoms with Crippen LogP contribution in [0.15, 0.2) is 24.3 Å². The summed E-state index contributed by atoms with van der Waals surface area (Å²) in [6.45, 7) is 4.22. The quantitative estimate of drug-likeness (QED) is 0.581. The Morgan fingerprint density at radius 1 is 1.18 bits per heavy atom. The fourth-order valence-corrected chi connectivity index (χ4v) is 5.00. The van der Waals surface area contributed by atoms with Crippen molar-refractivity contribution in [1.29, 1.82) is 0 Å². The highest BCUT2D eigenvalue weighted by Gasteiger charge is 2.39. The fraction of sp³-hybridized carbons (Fsp3) is 0.600. The molecule has 1 aromatic carbocycles. The number of amides is 1. The van der Waals surface area contributed by atoms with E-state index in [2.05, 4.69) is 6.92 Å². The van der Waals surface area contributed by atoms with Crippen LogP contribution in [0.4, 0.5) is 0 Å². The van der Waals surface area contributed by atoms with Crippen LogP contribution in [0.5, 0.6) is 0 Å². The maximum absolute atomic E-state index is 12.4. The van der Waals surface area contributed by atoms with Gasteiger partial charge in [-0.15, -0.1) is 0 Å². The van der Waals surface area contributed by atoms with Gasteiger partial charge >= 0.3 is 5.97 Å². The largest absolute Gasteiger partial charge is 0.454 e. The first-order valence-corrected chi connectivity index (χ1v) is 11.4. The standard InChI is InChI=1S/C20H30N2O5S/c1-4-13-28(25,26)22-12-6-7-18(22)20(24)27-15-19(23)21(3)14-17-10-8-16(5-2)9-11-17/h8-11,18H,4-7,12-15H2,1-3H3. The summed E-state index contributed by atoms with van der Waals surface area (Å²) in [5, 5.41) is 0. The lowest BCUT2D eigenvalue weighted by Crippen LogP contribution is -2.43. The lowest BCUT2D eigenvalue weighted by molar-refractivity contribution is -0.154. The molecule has 1 aromatic rings. The fourth-order valence-electron chi connectivity index (χ4n) is 3.27. The highest BCUT2D eigenvalue weighted by atomic mass is 32.2. The van der Waals surface area contributed by atoms with E-state index in [4.69, 9.17) is 4.74 Å². The molecule has 0 N–H and O–H groups in total. The Bertz CT molecular complexity index is 776. The first-order valence-electron chi connectivity index (χ1n) is 9.76. The van der Waals surface area contributed by atoms with Gasteiger partial charge in [0.15, 0.2) is 6.61 Å². The van der Waals surface area contributed by atoms with Gasteiger partial charge in [0.1, 0.15) is 6.04 Å². The summed E-state index contributed by atoms with van der Waals surface area (Å²) in [6.07, 6.45) is 2.49. The van der Waals surface area contributed by atoms with Crippen LogP contribution in [0.2, 0.25) is 0 Å². The number of hydrogen-bond acceptors (Lipinski definition) is 5. The lowest BCUT2D eigenvalue weighted by Gasteiger charge is -2.23. The van der Waals surface area contributed by atoms with Crippen molar-refractivity contribution in [3.8, 4) is 0 Å². The van der Waals surface area contributed by atoms with Crippen LogP contribution >= 0.6 is 0 Å². The minimum atomic E-state index is -3.47. The number of nitrogens with zero attached hydrogens (tertiary/aromatic N) is 2. The molecule has 1 fully saturated rings. The van der Waals surface area contributed by atoms with Crippen molar-refractivity contribution in [3.05, 3.63) is 35.4 Å². The molecule has 0 aromatic heterocycles. The number of aryl methyl sites for hydroxylation is 1. The van der Waals surface area contributed by atoms with Crippen molar-refractivity contribution >= 4 is 21.9 Å². The molecule has 0 bridgehead atoms. The van der Waals surface area contributed by atoms with Gasteiger partial charge in [0, 0.05) is 20.1 Å². The molecule has 1 heterocycles. The first kappa shape index (κ1) is 22.4. The average molecular weight is 411 g/mol. The van der Waals surface area contributed by atoms with Crippen LogP contribution in [0.25, 0.3) is 0 Å². The van der Waals surface area contributed by atoms with Gasteiger partial charge in [0.05, 0.1) is 5.75 Å². The van der Waals surface area contributed by atoms with E-state index >= 15 is 0 Å². The molecule has 156 valence electrons. The first-order chi connectivity index (χ1) is 13.3. The highest BCUT2D eigenvalue weighted by Crippen LogP contribution is 2.23. The van der Waals surface area contributed by atoms with E-state index in [-0.39, 0.29) is 18.3 Å². The van der Waals surface area contributed by atoms with Crippen LogP contribution in [-0.4, -0.2) is 61.5 Å². The minimum absolute atomic E-state index is 0.00920. The molecule has 2 rings (SSSR count). The lowest BCUT2D eigenvalue weighted by atomic mass is 10.1. The summed E-state index contributed by atoms with van der Waals surface area (Å²) in [7, 11) is -1.82. The number of ether oxygens (including phenoxy) is 1. The van der Waals surface area contributed by atoms with Gasteiger partial charge in [-0.3, -0.25) is 9.59 Å². The van der Waals surface area contributed by atoms with Gasteiger partial charge in [-0.2, -0.15) is 4.31 Å². The smallest absolute Gasteiger partial charge is 0.324 e. The zero-order valence-electron chi connectivity index (χ0n) is 16.9. The van der Waals surface area contributed by atoms with E-state index in [1.165, 1.54) is 14.8 Å². The number of carbonyl (C=O) groups is 2. The topological polar surface area (TPSA) is 84.0 Å². The van der Waals surface area contributed by atoms with E-state index < -0.39 is 22.0 Å². The van der Waals surface area contributed by atoms with E-state index in [9.17, 15) is 18.0 Å². The van der Waals surface area contributed by atoms with E-state index in [1.54, 1.807) is 14.0 Å². The number of benzene rings is 1. The number of carbonyl (C=O) groups excluding carboxylic acids is 2. The molecular weight excluding hydrogens is 380 g/mol. The minimum Gasteiger partial charge on any atom is -0.454 e. The maximum Gasteiger partial charge on any atom is 0.324 e. The Morgan fingerprint density at radius 2 is 1.82 bits per heavy atom. The van der Waals surface area contributed by atoms with Crippen molar-refractivity contribution in [3.63, 3.8) is 0 Å². The molecule has 0 saturated carbocycles. The zero-order valence-corrected chi connectivity index (χ0v) is 17.7. The summed E-state index contributed by atoms with van der Waals surface area (Å²) >= 11 is 0. The third-order valence-corrected chi connectivity index (χ3v) is 6.99. The highest BCUT2D eigenvalue weighted by molar-refractivity contribution is 7.89. The SMILES string of the molecule is CCCS(=O)(=O)N1CCCC1C(=O)OCC(=O)N(C)Cc1ccc(CC)cc1. The van der Waals surface area contributed by atoms with Crippen molar-refractivity contribution < 1.29 is 22.7 Å². The number of esters is 1. The molecule has 1 atom stereocenters. The molecule has 1 unspecified atom stereocenters. The summed E-state index contributed by atoms with van der Waals surface area (Å²) in [4.78, 5) is 26.1. The second-order valence-corrected chi connectivity index (χ2v) is 9.15. The zero-order chi connectivity index (χ0) is 20.7. The average Bonchev–Trinajstić information content (AvgIpc) is 3.17. The molecular formula is C20H30N2O5S. The van der Waals surface area contributed by atoms with E-state index in [0.29, 0.717) is 32.4 Å². The van der Waals surface area contributed by atoms with Crippen LogP contribution in [0.3, 0.4) is 0 Å². The molecule has 1 saturated heterocycles. The molecule has 0 spiro atoms. The van der Waals surface area contributed by atoms with Crippen LogP contribution < -0.4 is 0 Å². The molecule has 1 aliphatic rings. The molecule has 0 aliphatic carbocycles. The Labute approximate surface area is 167 Å². The summed E-state index contributed by atoms with van der Waals surface area (Å²) < 4.78 is 30.9. The molecule has 7 nitrogen and oxygen atoms in total. The summed E-state index contributed by atoms with van der Waals surface area (Å²) in [5.41, 5.74) is 2.22. The summed E-state index contributed by atoms with van der Waals surface area (Å²) in [6, 6.07) is 7.18. The number of sulfonamides is 1. The third kappa shape index (κ3) is 5.78. The van der Waals surface area contributed by atoms with Gasteiger partial charge in [-0.1, -0.05) is 38.1 Å². The Morgan fingerprint density at radius 3 is 2.43 bits per heavy atom. The summed E-state index contributed by atoms with van der Waals surface area (Å²) in [5.74, 6) is -0.963. The van der Waals surface area contributed by atoms with Crippen LogP contribution in [0.1, 0.15) is 44.2 Å². The Kier molecular flexibility index (Phi) is 8.00. The second-order valence-electron chi connectivity index (χ2n) is 7.11. The predicted octanol–water partition coefficient (Wildman–Crippen LogP) is 1.95. The molecule has 1 aliphatic heterocycles. The Hall–Kier alpha value is -1.93. The van der Waals surface area contributed by atoms with Gasteiger partial charge in [0.2, 0.25) is 10.0 Å². The van der Waals surface area contributed by atoms with Gasteiger partial charge in [-0.05, 0) is 36.8 Å². The third-order valence-electron chi connectivity index (χ3n) is 4.91. The molecule has 28 heavy (non-hydrogen) atoms. The molecule has 1 amide bonds. The van der Waals surface area contributed by atoms with Gasteiger partial charge in [-0.25, -0.2) is 8.42 Å². The number of rotatable bonds is 9. The van der Waals surface area contributed by atoms with Crippen molar-refractivity contribution in [1.82, 2.24) is 9.21 Å². The van der Waals surface area contributed by atoms with Crippen LogP contribution in [0, 0.1) is 0 Å². The van der Waals surface area contributed by atoms with E-state index in [0.717, 1.165) is 12.0 Å². The monoisotopic (exact) mass is 410 g/mol. The second kappa shape index (κ2) is 10.0. The Balaban J connectivity index is 1.87. The van der Waals surface area contributed by atoms with Gasteiger partial charge in [0.25, 0.3) is 5.91 Å². The van der Waals surface area contributed by atoms with Crippen molar-refractivity contribution in [2.45, 2.75) is 52.1 Å². The number of hydrogen-bond donors (Lipinski definition) is 0. The molecule has 8 heteroatoms. The predicted molar refractivity (Wildman–Crippen MR) is 107 cm³/mol. The van der Waals surface area contributed by atoms with Crippen molar-refractivity contribution in [2.24, 2.45) is 0 Å².